The van der Waals surface area contributed by atoms with E-state index in [1.54, 1.807) is 0 Å². The third-order valence-electron chi connectivity index (χ3n) is 4.25. The lowest BCUT2D eigenvalue weighted by Crippen LogP contribution is -2.40. The number of nitrogens with zero attached hydrogens (tertiary/aromatic N) is 1. The molecule has 2 aromatic rings. The van der Waals surface area contributed by atoms with E-state index in [1.165, 1.54) is 31.2 Å². The summed E-state index contributed by atoms with van der Waals surface area (Å²) < 4.78 is 0. The molecule has 1 N–H and O–H groups in total. The first kappa shape index (κ1) is 15.0. The van der Waals surface area contributed by atoms with Crippen molar-refractivity contribution in [3.05, 3.63) is 66.2 Å². The number of hydrogen-bond acceptors (Lipinski definition) is 1. The Labute approximate surface area is 138 Å². The highest BCUT2D eigenvalue weighted by atomic mass is 32.1. The van der Waals surface area contributed by atoms with E-state index in [-0.39, 0.29) is 0 Å². The van der Waals surface area contributed by atoms with Crippen LogP contribution in [0.2, 0.25) is 0 Å². The summed E-state index contributed by atoms with van der Waals surface area (Å²) in [5.74, 6) is 0. The minimum absolute atomic E-state index is 0.559. The molecule has 0 heterocycles. The molecule has 1 saturated carbocycles. The Hall–Kier alpha value is -1.87. The van der Waals surface area contributed by atoms with Crippen LogP contribution in [0.3, 0.4) is 0 Å². The SMILES string of the molecule is S=C(Nc1ccccc1)N(Cc1ccccc1)C1CCCC1. The van der Waals surface area contributed by atoms with Gasteiger partial charge in [-0.15, -0.1) is 0 Å². The first-order valence-electron chi connectivity index (χ1n) is 7.99. The Balaban J connectivity index is 1.74. The molecule has 0 unspecified atom stereocenters. The molecule has 1 fully saturated rings. The lowest BCUT2D eigenvalue weighted by atomic mass is 10.1. The minimum atomic E-state index is 0.559. The number of hydrogen-bond donors (Lipinski definition) is 1. The molecular weight excluding hydrogens is 288 g/mol. The predicted molar refractivity (Wildman–Crippen MR) is 96.9 cm³/mol. The zero-order valence-electron chi connectivity index (χ0n) is 12.7. The summed E-state index contributed by atoms with van der Waals surface area (Å²) in [6.07, 6.45) is 5.10. The fraction of sp³-hybridized carbons (Fsp3) is 0.316. The van der Waals surface area contributed by atoms with Crippen LogP contribution in [0.5, 0.6) is 0 Å². The van der Waals surface area contributed by atoms with Gasteiger partial charge in [0.25, 0.3) is 0 Å². The molecule has 3 heteroatoms. The summed E-state index contributed by atoms with van der Waals surface area (Å²) in [6.45, 7) is 0.879. The molecule has 0 atom stereocenters. The number of anilines is 1. The first-order chi connectivity index (χ1) is 10.8. The molecule has 114 valence electrons. The predicted octanol–water partition coefficient (Wildman–Crippen LogP) is 4.83. The zero-order valence-corrected chi connectivity index (χ0v) is 13.6. The second kappa shape index (κ2) is 7.41. The van der Waals surface area contributed by atoms with Crippen LogP contribution in [0.25, 0.3) is 0 Å². The molecule has 22 heavy (non-hydrogen) atoms. The number of para-hydroxylation sites is 1. The smallest absolute Gasteiger partial charge is 0.173 e. The maximum Gasteiger partial charge on any atom is 0.173 e. The highest BCUT2D eigenvalue weighted by Crippen LogP contribution is 2.26. The Morgan fingerprint density at radius 2 is 1.55 bits per heavy atom. The molecule has 0 spiro atoms. The molecular formula is C19H22N2S. The van der Waals surface area contributed by atoms with Crippen molar-refractivity contribution in [3.8, 4) is 0 Å². The van der Waals surface area contributed by atoms with E-state index in [4.69, 9.17) is 12.2 Å². The maximum absolute atomic E-state index is 5.71. The monoisotopic (exact) mass is 310 g/mol. The van der Waals surface area contributed by atoms with Crippen LogP contribution in [0, 0.1) is 0 Å². The van der Waals surface area contributed by atoms with Gasteiger partial charge in [-0.1, -0.05) is 61.4 Å². The molecule has 1 aliphatic carbocycles. The summed E-state index contributed by atoms with van der Waals surface area (Å²) in [6, 6.07) is 21.3. The average Bonchev–Trinajstić information content (AvgIpc) is 3.08. The average molecular weight is 310 g/mol. The van der Waals surface area contributed by atoms with Crippen molar-refractivity contribution in [1.29, 1.82) is 0 Å². The Kier molecular flexibility index (Phi) is 5.07. The first-order valence-corrected chi connectivity index (χ1v) is 8.40. The van der Waals surface area contributed by atoms with Crippen LogP contribution in [-0.2, 0) is 6.54 Å². The van der Waals surface area contributed by atoms with E-state index in [0.717, 1.165) is 17.3 Å². The van der Waals surface area contributed by atoms with Gasteiger partial charge >= 0.3 is 0 Å². The van der Waals surface area contributed by atoms with Gasteiger partial charge in [-0.05, 0) is 42.8 Å². The number of nitrogens with one attached hydrogen (secondary N) is 1. The topological polar surface area (TPSA) is 15.3 Å². The van der Waals surface area contributed by atoms with Gasteiger partial charge in [0.1, 0.15) is 0 Å². The van der Waals surface area contributed by atoms with Crippen LogP contribution < -0.4 is 5.32 Å². The van der Waals surface area contributed by atoms with E-state index in [0.29, 0.717) is 6.04 Å². The summed E-state index contributed by atoms with van der Waals surface area (Å²) >= 11 is 5.71. The lowest BCUT2D eigenvalue weighted by Gasteiger charge is -2.32. The Bertz CT molecular complexity index is 591. The fourth-order valence-corrected chi connectivity index (χ4v) is 3.41. The highest BCUT2D eigenvalue weighted by Gasteiger charge is 2.24. The van der Waals surface area contributed by atoms with Crippen molar-refractivity contribution in [2.24, 2.45) is 0 Å². The summed E-state index contributed by atoms with van der Waals surface area (Å²) in [4.78, 5) is 2.37. The quantitative estimate of drug-likeness (QED) is 0.814. The zero-order chi connectivity index (χ0) is 15.2. The van der Waals surface area contributed by atoms with Gasteiger partial charge in [0.15, 0.2) is 5.11 Å². The second-order valence-corrected chi connectivity index (χ2v) is 6.23. The van der Waals surface area contributed by atoms with Crippen LogP contribution in [0.4, 0.5) is 5.69 Å². The standard InChI is InChI=1S/C19H22N2S/c22-19(20-17-11-5-2-6-12-17)21(18-13-7-8-14-18)15-16-9-3-1-4-10-16/h1-6,9-12,18H,7-8,13-15H2,(H,20,22). The molecule has 0 radical (unpaired) electrons. The molecule has 0 aliphatic heterocycles. The van der Waals surface area contributed by atoms with Gasteiger partial charge in [0.2, 0.25) is 0 Å². The van der Waals surface area contributed by atoms with Gasteiger partial charge in [0.05, 0.1) is 0 Å². The van der Waals surface area contributed by atoms with Crippen molar-refractivity contribution in [1.82, 2.24) is 4.90 Å². The summed E-state index contributed by atoms with van der Waals surface area (Å²) in [7, 11) is 0. The van der Waals surface area contributed by atoms with Crippen molar-refractivity contribution in [2.45, 2.75) is 38.3 Å². The van der Waals surface area contributed by atoms with E-state index >= 15 is 0 Å². The van der Waals surface area contributed by atoms with Crippen molar-refractivity contribution in [2.75, 3.05) is 5.32 Å². The molecule has 1 aliphatic rings. The van der Waals surface area contributed by atoms with E-state index < -0.39 is 0 Å². The van der Waals surface area contributed by atoms with Crippen molar-refractivity contribution < 1.29 is 0 Å². The van der Waals surface area contributed by atoms with Crippen molar-refractivity contribution in [3.63, 3.8) is 0 Å². The van der Waals surface area contributed by atoms with Gasteiger partial charge in [-0.25, -0.2) is 0 Å². The molecule has 0 bridgehead atoms. The van der Waals surface area contributed by atoms with Crippen molar-refractivity contribution >= 4 is 23.0 Å². The highest BCUT2D eigenvalue weighted by molar-refractivity contribution is 7.80. The van der Waals surface area contributed by atoms with Crippen LogP contribution in [-0.4, -0.2) is 16.1 Å². The molecule has 3 rings (SSSR count). The molecule has 2 nitrogen and oxygen atoms in total. The maximum atomic E-state index is 5.71. The Morgan fingerprint density at radius 3 is 2.18 bits per heavy atom. The van der Waals surface area contributed by atoms with Crippen LogP contribution >= 0.6 is 12.2 Å². The lowest BCUT2D eigenvalue weighted by molar-refractivity contribution is 0.312. The summed E-state index contributed by atoms with van der Waals surface area (Å²) in [5.41, 5.74) is 2.37. The summed E-state index contributed by atoms with van der Waals surface area (Å²) in [5, 5.41) is 4.23. The normalized spacial score (nSPS) is 14.7. The molecule has 0 aromatic heterocycles. The van der Waals surface area contributed by atoms with Crippen LogP contribution in [0.1, 0.15) is 31.2 Å². The third-order valence-corrected chi connectivity index (χ3v) is 4.58. The van der Waals surface area contributed by atoms with Crippen LogP contribution in [0.15, 0.2) is 60.7 Å². The van der Waals surface area contributed by atoms with Gasteiger partial charge in [-0.2, -0.15) is 0 Å². The number of benzene rings is 2. The van der Waals surface area contributed by atoms with E-state index in [9.17, 15) is 0 Å². The van der Waals surface area contributed by atoms with Gasteiger partial charge < -0.3 is 10.2 Å². The largest absolute Gasteiger partial charge is 0.342 e. The van der Waals surface area contributed by atoms with Gasteiger partial charge in [-0.3, -0.25) is 0 Å². The fourth-order valence-electron chi connectivity index (χ4n) is 3.08. The minimum Gasteiger partial charge on any atom is -0.342 e. The van der Waals surface area contributed by atoms with Gasteiger partial charge in [0, 0.05) is 18.3 Å². The van der Waals surface area contributed by atoms with E-state index in [2.05, 4.69) is 52.7 Å². The Morgan fingerprint density at radius 1 is 0.955 bits per heavy atom. The number of thiocarbonyl (C=S) groups is 1. The second-order valence-electron chi connectivity index (χ2n) is 5.85. The van der Waals surface area contributed by atoms with E-state index in [1.807, 2.05) is 18.2 Å². The molecule has 0 amide bonds. The third kappa shape index (κ3) is 3.86. The number of rotatable bonds is 4. The molecule has 0 saturated heterocycles. The molecule has 2 aromatic carbocycles.